The smallest absolute Gasteiger partial charge is 0.294 e. The lowest BCUT2D eigenvalue weighted by molar-refractivity contribution is 0.480. The second kappa shape index (κ2) is 23.7. The first kappa shape index (κ1) is 63.4. The highest BCUT2D eigenvalue weighted by molar-refractivity contribution is 7.86. The van der Waals surface area contributed by atoms with Crippen LogP contribution in [0.2, 0.25) is 0 Å². The molecule has 0 fully saturated rings. The van der Waals surface area contributed by atoms with Crippen LogP contribution in [0.4, 0.5) is 39.6 Å². The number of nitrogens with one attached hydrogen (secondary N) is 1. The molecule has 28 heteroatoms. The first-order chi connectivity index (χ1) is 38.9. The van der Waals surface area contributed by atoms with Crippen LogP contribution in [-0.4, -0.2) is 76.6 Å². The standard InChI is InChI=1S/C56H64N10O12S6/c1-29(2)17-34-22-40(83(73,74)75)23-35(18-30(3)4)49(34)61-52-48(62-63-53-42(28-57)51(56(10,11)12)64-66(53)55-59-44-16-14-39(82(70,71)72)27-46(44)80-55)33(9)21-47(60-52)65(54-58-43-15-13-38(81(67,68)69)26-45(43)79-54)50-36(19-31(5)6)24-41(84(76,77)78)25-37(50)20-32(7)8/h13-16,21-27,29-32H,17-20H2,1-12H3,(H,60,61)(H,67,68,69)(H,70,71,72)(H,73,74,75)(H,76,77,78). The maximum Gasteiger partial charge on any atom is 0.294 e. The van der Waals surface area contributed by atoms with Crippen LogP contribution in [0.25, 0.3) is 25.6 Å². The average molecular weight is 1260 g/mol. The molecule has 4 aromatic heterocycles. The van der Waals surface area contributed by atoms with Crippen molar-refractivity contribution in [2.24, 2.45) is 33.9 Å². The molecule has 0 amide bonds. The Hall–Kier alpha value is -6.65. The van der Waals surface area contributed by atoms with Gasteiger partial charge >= 0.3 is 0 Å². The lowest BCUT2D eigenvalue weighted by atomic mass is 9.90. The summed E-state index contributed by atoms with van der Waals surface area (Å²) in [6.07, 6.45) is 1.16. The number of rotatable bonds is 20. The molecule has 0 unspecified atom stereocenters. The monoisotopic (exact) mass is 1260 g/mol. The minimum absolute atomic E-state index is 0.0202. The van der Waals surface area contributed by atoms with Gasteiger partial charge in [-0.2, -0.15) is 48.7 Å². The van der Waals surface area contributed by atoms with Gasteiger partial charge in [-0.25, -0.2) is 15.0 Å². The molecule has 5 N–H and O–H groups in total. The minimum Gasteiger partial charge on any atom is -0.338 e. The van der Waals surface area contributed by atoms with Gasteiger partial charge in [-0.15, -0.1) is 10.2 Å². The Bertz CT molecular complexity index is 4400. The van der Waals surface area contributed by atoms with Crippen molar-refractivity contribution in [2.45, 2.75) is 134 Å². The number of fused-ring (bicyclic) bond motifs is 2. The number of thiazole rings is 2. The Morgan fingerprint density at radius 2 is 1.07 bits per heavy atom. The van der Waals surface area contributed by atoms with Gasteiger partial charge in [0.1, 0.15) is 23.1 Å². The second-order valence-corrected chi connectivity index (χ2v) is 30.9. The van der Waals surface area contributed by atoms with Crippen molar-refractivity contribution >= 4 is 123 Å². The molecule has 8 rings (SSSR count). The molecule has 84 heavy (non-hydrogen) atoms. The zero-order valence-corrected chi connectivity index (χ0v) is 52.9. The number of azo groups is 1. The van der Waals surface area contributed by atoms with E-state index in [4.69, 9.17) is 30.3 Å². The van der Waals surface area contributed by atoms with Gasteiger partial charge in [0.15, 0.2) is 16.8 Å². The summed E-state index contributed by atoms with van der Waals surface area (Å²) in [7, 11) is -18.8. The van der Waals surface area contributed by atoms with E-state index in [-0.39, 0.29) is 95.1 Å². The second-order valence-electron chi connectivity index (χ2n) is 23.2. The molecule has 0 saturated heterocycles. The Kier molecular flexibility index (Phi) is 17.9. The SMILES string of the molecule is Cc1cc(N(c2nc3ccc(S(=O)(=O)O)cc3s2)c2c(CC(C)C)cc(S(=O)(=O)O)cc2CC(C)C)nc(Nc2c(CC(C)C)cc(S(=O)(=O)O)cc2CC(C)C)c1N=Nc1c(C#N)c(C(C)(C)C)nn1-c1nc2ccc(S(=O)(=O)O)cc2s1. The normalized spacial score (nSPS) is 13.0. The average Bonchev–Trinajstić information content (AvgIpc) is 4.32. The van der Waals surface area contributed by atoms with E-state index < -0.39 is 45.9 Å². The van der Waals surface area contributed by atoms with E-state index in [2.05, 4.69) is 11.4 Å². The topological polar surface area (TPSA) is 338 Å². The van der Waals surface area contributed by atoms with Crippen LogP contribution < -0.4 is 10.2 Å². The maximum absolute atomic E-state index is 13.1. The Labute approximate surface area is 496 Å². The van der Waals surface area contributed by atoms with Crippen molar-refractivity contribution in [1.82, 2.24) is 24.7 Å². The Morgan fingerprint density at radius 3 is 1.52 bits per heavy atom. The summed E-state index contributed by atoms with van der Waals surface area (Å²) in [6, 6.07) is 17.3. The van der Waals surface area contributed by atoms with Crippen LogP contribution in [0.1, 0.15) is 115 Å². The fraction of sp³-hybridized carbons (Fsp3) is 0.375. The van der Waals surface area contributed by atoms with Crippen molar-refractivity contribution in [1.29, 1.82) is 5.26 Å². The molecular formula is C56H64N10O12S6. The van der Waals surface area contributed by atoms with Gasteiger partial charge in [0.2, 0.25) is 5.13 Å². The largest absolute Gasteiger partial charge is 0.338 e. The van der Waals surface area contributed by atoms with Gasteiger partial charge in [0.05, 0.1) is 51.4 Å². The predicted molar refractivity (Wildman–Crippen MR) is 324 cm³/mol. The third-order valence-corrected chi connectivity index (χ3v) is 18.4. The summed E-state index contributed by atoms with van der Waals surface area (Å²) in [5.41, 5.74) is 3.58. The maximum atomic E-state index is 13.1. The first-order valence-corrected chi connectivity index (χ1v) is 33.9. The highest BCUT2D eigenvalue weighted by Gasteiger charge is 2.32. The Balaban J connectivity index is 1.50. The van der Waals surface area contributed by atoms with Crippen LogP contribution in [0.3, 0.4) is 0 Å². The van der Waals surface area contributed by atoms with Crippen LogP contribution in [-0.2, 0) is 71.6 Å². The van der Waals surface area contributed by atoms with Gasteiger partial charge in [-0.1, -0.05) is 98.8 Å². The van der Waals surface area contributed by atoms with E-state index in [0.29, 0.717) is 78.2 Å². The van der Waals surface area contributed by atoms with E-state index >= 15 is 0 Å². The summed E-state index contributed by atoms with van der Waals surface area (Å²) in [5.74, 6) is -0.199. The molecule has 0 atom stereocenters. The molecule has 22 nitrogen and oxygen atoms in total. The summed E-state index contributed by atoms with van der Waals surface area (Å²) in [5, 5.41) is 29.3. The minimum atomic E-state index is -4.77. The highest BCUT2D eigenvalue weighted by Crippen LogP contribution is 2.48. The number of pyridine rings is 1. The van der Waals surface area contributed by atoms with E-state index in [9.17, 15) is 57.1 Å². The number of aromatic nitrogens is 5. The number of benzene rings is 4. The zero-order chi connectivity index (χ0) is 61.9. The molecule has 446 valence electrons. The van der Waals surface area contributed by atoms with Gasteiger partial charge < -0.3 is 5.32 Å². The molecular weight excluding hydrogens is 1200 g/mol. The van der Waals surface area contributed by atoms with E-state index in [1.165, 1.54) is 65.3 Å². The van der Waals surface area contributed by atoms with Crippen molar-refractivity contribution < 1.29 is 51.9 Å². The molecule has 0 aliphatic carbocycles. The molecule has 8 aromatic rings. The van der Waals surface area contributed by atoms with Crippen LogP contribution in [0.5, 0.6) is 0 Å². The molecule has 0 radical (unpaired) electrons. The predicted octanol–water partition coefficient (Wildman–Crippen LogP) is 13.4. The van der Waals surface area contributed by atoms with E-state index in [1.807, 2.05) is 76.2 Å². The molecule has 0 bridgehead atoms. The fourth-order valence-corrected chi connectivity index (χ4v) is 14.0. The van der Waals surface area contributed by atoms with Crippen LogP contribution in [0.15, 0.2) is 96.5 Å². The van der Waals surface area contributed by atoms with E-state index in [0.717, 1.165) is 22.7 Å². The highest BCUT2D eigenvalue weighted by atomic mass is 32.2. The summed E-state index contributed by atoms with van der Waals surface area (Å²) in [4.78, 5) is 15.4. The van der Waals surface area contributed by atoms with Gasteiger partial charge in [0, 0.05) is 11.1 Å². The zero-order valence-electron chi connectivity index (χ0n) is 48.0. The van der Waals surface area contributed by atoms with Crippen LogP contribution in [0, 0.1) is 41.9 Å². The third kappa shape index (κ3) is 14.0. The van der Waals surface area contributed by atoms with Crippen molar-refractivity contribution in [2.75, 3.05) is 10.2 Å². The summed E-state index contributed by atoms with van der Waals surface area (Å²) in [6.45, 7) is 22.8. The van der Waals surface area contributed by atoms with Gasteiger partial charge in [-0.05, 0) is 151 Å². The van der Waals surface area contributed by atoms with Crippen molar-refractivity contribution in [3.63, 3.8) is 0 Å². The molecule has 0 aliphatic rings. The lowest BCUT2D eigenvalue weighted by Gasteiger charge is -2.29. The number of nitrogens with zero attached hydrogens (tertiary/aromatic N) is 9. The number of hydrogen-bond acceptors (Lipinski definition) is 19. The quantitative estimate of drug-likeness (QED) is 0.0349. The summed E-state index contributed by atoms with van der Waals surface area (Å²) < 4.78 is 145. The van der Waals surface area contributed by atoms with Crippen molar-refractivity contribution in [3.05, 3.63) is 106 Å². The number of aryl methyl sites for hydroxylation is 1. The Morgan fingerprint density at radius 1 is 0.619 bits per heavy atom. The van der Waals surface area contributed by atoms with Gasteiger partial charge in [0.25, 0.3) is 40.5 Å². The molecule has 4 heterocycles. The number of nitriles is 1. The first-order valence-electron chi connectivity index (χ1n) is 26.5. The van der Waals surface area contributed by atoms with Gasteiger partial charge in [-0.3, -0.25) is 23.1 Å². The molecule has 4 aromatic carbocycles. The molecule has 0 spiro atoms. The number of anilines is 5. The van der Waals surface area contributed by atoms with Crippen LogP contribution >= 0.6 is 22.7 Å². The number of hydrogen-bond donors (Lipinski definition) is 5. The lowest BCUT2D eigenvalue weighted by Crippen LogP contribution is -2.19. The molecule has 0 aliphatic heterocycles. The fourth-order valence-electron chi connectivity index (χ4n) is 9.66. The summed E-state index contributed by atoms with van der Waals surface area (Å²) >= 11 is 2.07. The third-order valence-electron chi connectivity index (χ3n) is 13.1. The van der Waals surface area contributed by atoms with E-state index in [1.54, 1.807) is 17.9 Å². The van der Waals surface area contributed by atoms with Crippen molar-refractivity contribution in [3.8, 4) is 11.2 Å². The molecule has 0 saturated carbocycles.